The summed E-state index contributed by atoms with van der Waals surface area (Å²) in [5.41, 5.74) is 1.62. The van der Waals surface area contributed by atoms with E-state index in [1.54, 1.807) is 30.3 Å². The molecule has 0 unspecified atom stereocenters. The highest BCUT2D eigenvalue weighted by molar-refractivity contribution is 7.92. The SMILES string of the molecule is COc1ccc(OC)c(NC(=O)[C@@H]2CN(S(C)(=O)=O)c3cc(C(C)(C)C)ccc3O2)c1. The molecule has 1 atom stereocenters. The molecule has 0 bridgehead atoms. The van der Waals surface area contributed by atoms with Gasteiger partial charge in [-0.25, -0.2) is 8.42 Å². The average molecular weight is 449 g/mol. The van der Waals surface area contributed by atoms with Crippen LogP contribution in [0.4, 0.5) is 11.4 Å². The number of nitrogens with one attached hydrogen (secondary N) is 1. The average Bonchev–Trinajstić information content (AvgIpc) is 2.70. The summed E-state index contributed by atoms with van der Waals surface area (Å²) in [5.74, 6) is 0.826. The maximum Gasteiger partial charge on any atom is 0.267 e. The van der Waals surface area contributed by atoms with Gasteiger partial charge in [-0.2, -0.15) is 0 Å². The third kappa shape index (κ3) is 4.87. The zero-order chi connectivity index (χ0) is 23.0. The van der Waals surface area contributed by atoms with E-state index < -0.39 is 22.0 Å². The van der Waals surface area contributed by atoms with Gasteiger partial charge in [0.1, 0.15) is 17.2 Å². The van der Waals surface area contributed by atoms with Crippen LogP contribution in [0.5, 0.6) is 17.2 Å². The van der Waals surface area contributed by atoms with Crippen molar-refractivity contribution in [2.75, 3.05) is 36.6 Å². The number of carbonyl (C=O) groups is 1. The molecule has 1 amide bonds. The molecule has 9 heteroatoms. The standard InChI is InChI=1S/C22H28N2O6S/c1-22(2,3)14-7-9-19-17(11-14)24(31(6,26)27)13-20(30-19)21(25)23-16-12-15(28-4)8-10-18(16)29-5/h7-12,20H,13H2,1-6H3,(H,23,25)/t20-/m0/s1. The molecular weight excluding hydrogens is 420 g/mol. The van der Waals surface area contributed by atoms with Crippen molar-refractivity contribution in [3.05, 3.63) is 42.0 Å². The van der Waals surface area contributed by atoms with Crippen molar-refractivity contribution in [1.82, 2.24) is 0 Å². The lowest BCUT2D eigenvalue weighted by atomic mass is 9.86. The molecule has 0 fully saturated rings. The predicted molar refractivity (Wildman–Crippen MR) is 120 cm³/mol. The van der Waals surface area contributed by atoms with E-state index >= 15 is 0 Å². The van der Waals surface area contributed by atoms with Gasteiger partial charge in [-0.1, -0.05) is 26.8 Å². The first-order chi connectivity index (χ1) is 14.4. The molecule has 3 rings (SSSR count). The van der Waals surface area contributed by atoms with Gasteiger partial charge >= 0.3 is 0 Å². The molecule has 0 aromatic heterocycles. The normalized spacial score (nSPS) is 16.2. The van der Waals surface area contributed by atoms with Crippen LogP contribution in [0.25, 0.3) is 0 Å². The van der Waals surface area contributed by atoms with E-state index in [2.05, 4.69) is 5.32 Å². The van der Waals surface area contributed by atoms with E-state index in [9.17, 15) is 13.2 Å². The number of hydrogen-bond acceptors (Lipinski definition) is 6. The number of fused-ring (bicyclic) bond motifs is 1. The molecule has 0 aliphatic carbocycles. The van der Waals surface area contributed by atoms with E-state index in [-0.39, 0.29) is 12.0 Å². The van der Waals surface area contributed by atoms with E-state index in [4.69, 9.17) is 14.2 Å². The minimum atomic E-state index is -3.64. The predicted octanol–water partition coefficient (Wildman–Crippen LogP) is 3.17. The number of nitrogens with zero attached hydrogens (tertiary/aromatic N) is 1. The summed E-state index contributed by atoms with van der Waals surface area (Å²) in [5, 5.41) is 2.75. The second-order valence-electron chi connectivity index (χ2n) is 8.39. The Morgan fingerprint density at radius 3 is 2.42 bits per heavy atom. The zero-order valence-electron chi connectivity index (χ0n) is 18.6. The number of ether oxygens (including phenoxy) is 3. The highest BCUT2D eigenvalue weighted by atomic mass is 32.2. The Kier molecular flexibility index (Phi) is 6.09. The summed E-state index contributed by atoms with van der Waals surface area (Å²) in [6, 6.07) is 10.4. The number of methoxy groups -OCH3 is 2. The maximum absolute atomic E-state index is 13.0. The number of benzene rings is 2. The van der Waals surface area contributed by atoms with E-state index in [0.29, 0.717) is 28.6 Å². The molecular formula is C22H28N2O6S. The molecule has 2 aromatic rings. The number of sulfonamides is 1. The minimum absolute atomic E-state index is 0.141. The molecule has 1 N–H and O–H groups in total. The molecule has 0 saturated heterocycles. The number of amides is 1. The Bertz CT molecular complexity index is 1090. The lowest BCUT2D eigenvalue weighted by Gasteiger charge is -2.35. The monoisotopic (exact) mass is 448 g/mol. The highest BCUT2D eigenvalue weighted by Gasteiger charge is 2.36. The van der Waals surface area contributed by atoms with Gasteiger partial charge in [0.15, 0.2) is 6.10 Å². The first-order valence-corrected chi connectivity index (χ1v) is 11.6. The van der Waals surface area contributed by atoms with Crippen molar-refractivity contribution in [1.29, 1.82) is 0 Å². The highest BCUT2D eigenvalue weighted by Crippen LogP contribution is 2.39. The van der Waals surface area contributed by atoms with Gasteiger partial charge in [-0.05, 0) is 35.2 Å². The second kappa shape index (κ2) is 8.30. The van der Waals surface area contributed by atoms with Gasteiger partial charge in [-0.3, -0.25) is 9.10 Å². The smallest absolute Gasteiger partial charge is 0.267 e. The van der Waals surface area contributed by atoms with Crippen LogP contribution in [0, 0.1) is 0 Å². The van der Waals surface area contributed by atoms with E-state index in [1.807, 2.05) is 26.8 Å². The van der Waals surface area contributed by atoms with Crippen molar-refractivity contribution in [2.24, 2.45) is 0 Å². The van der Waals surface area contributed by atoms with Gasteiger partial charge in [0.05, 0.1) is 38.4 Å². The van der Waals surface area contributed by atoms with Crippen LogP contribution in [0.3, 0.4) is 0 Å². The summed E-state index contributed by atoms with van der Waals surface area (Å²) >= 11 is 0. The fourth-order valence-electron chi connectivity index (χ4n) is 3.29. The first-order valence-electron chi connectivity index (χ1n) is 9.76. The third-order valence-corrected chi connectivity index (χ3v) is 6.20. The molecule has 1 aliphatic heterocycles. The van der Waals surface area contributed by atoms with Gasteiger partial charge in [0.25, 0.3) is 5.91 Å². The quantitative estimate of drug-likeness (QED) is 0.755. The molecule has 0 saturated carbocycles. The summed E-state index contributed by atoms with van der Waals surface area (Å²) in [7, 11) is -0.628. The molecule has 168 valence electrons. The van der Waals surface area contributed by atoms with Gasteiger partial charge in [-0.15, -0.1) is 0 Å². The molecule has 0 radical (unpaired) electrons. The summed E-state index contributed by atoms with van der Waals surface area (Å²) in [4.78, 5) is 13.0. The number of hydrogen-bond donors (Lipinski definition) is 1. The summed E-state index contributed by atoms with van der Waals surface area (Å²) in [6.45, 7) is 5.99. The zero-order valence-corrected chi connectivity index (χ0v) is 19.4. The van der Waals surface area contributed by atoms with Gasteiger partial charge in [0, 0.05) is 6.07 Å². The molecule has 0 spiro atoms. The molecule has 1 aliphatic rings. The number of carbonyl (C=O) groups excluding carboxylic acids is 1. The molecule has 31 heavy (non-hydrogen) atoms. The largest absolute Gasteiger partial charge is 0.497 e. The molecule has 2 aromatic carbocycles. The van der Waals surface area contributed by atoms with Crippen molar-refractivity contribution in [3.8, 4) is 17.2 Å². The van der Waals surface area contributed by atoms with Crippen molar-refractivity contribution >= 4 is 27.3 Å². The Balaban J connectivity index is 1.94. The summed E-state index contributed by atoms with van der Waals surface area (Å²) in [6.07, 6.45) is 0.0740. The lowest BCUT2D eigenvalue weighted by molar-refractivity contribution is -0.122. The van der Waals surface area contributed by atoms with Crippen molar-refractivity contribution in [3.63, 3.8) is 0 Å². The van der Waals surface area contributed by atoms with Crippen LogP contribution in [-0.2, 0) is 20.2 Å². The number of anilines is 2. The molecule has 8 nitrogen and oxygen atoms in total. The van der Waals surface area contributed by atoms with E-state index in [0.717, 1.165) is 11.8 Å². The number of rotatable bonds is 5. The van der Waals surface area contributed by atoms with Gasteiger partial charge < -0.3 is 19.5 Å². The Hall–Kier alpha value is -2.94. The van der Waals surface area contributed by atoms with Crippen LogP contribution < -0.4 is 23.8 Å². The Morgan fingerprint density at radius 1 is 1.13 bits per heavy atom. The van der Waals surface area contributed by atoms with Crippen LogP contribution in [-0.4, -0.2) is 47.4 Å². The minimum Gasteiger partial charge on any atom is -0.497 e. The topological polar surface area (TPSA) is 94.2 Å². The summed E-state index contributed by atoms with van der Waals surface area (Å²) < 4.78 is 42.7. The van der Waals surface area contributed by atoms with E-state index in [1.165, 1.54) is 18.5 Å². The van der Waals surface area contributed by atoms with Crippen molar-refractivity contribution < 1.29 is 27.4 Å². The lowest BCUT2D eigenvalue weighted by Crippen LogP contribution is -2.48. The Labute approximate surface area is 183 Å². The third-order valence-electron chi connectivity index (χ3n) is 5.05. The fourth-order valence-corrected chi connectivity index (χ4v) is 4.20. The Morgan fingerprint density at radius 2 is 1.84 bits per heavy atom. The van der Waals surface area contributed by atoms with Crippen molar-refractivity contribution in [2.45, 2.75) is 32.3 Å². The fraction of sp³-hybridized carbons (Fsp3) is 0.409. The van der Waals surface area contributed by atoms with Gasteiger partial charge in [0.2, 0.25) is 10.0 Å². The first kappa shape index (κ1) is 22.7. The van der Waals surface area contributed by atoms with Crippen LogP contribution in [0.15, 0.2) is 36.4 Å². The van der Waals surface area contributed by atoms with Crippen LogP contribution in [0.1, 0.15) is 26.3 Å². The second-order valence-corrected chi connectivity index (χ2v) is 10.3. The molecule has 1 heterocycles. The maximum atomic E-state index is 13.0. The van der Waals surface area contributed by atoms with Crippen LogP contribution in [0.2, 0.25) is 0 Å². The van der Waals surface area contributed by atoms with Crippen LogP contribution >= 0.6 is 0 Å².